The predicted molar refractivity (Wildman–Crippen MR) is 80.8 cm³/mol. The van der Waals surface area contributed by atoms with Gasteiger partial charge in [0.25, 0.3) is 0 Å². The van der Waals surface area contributed by atoms with Crippen LogP contribution in [0.25, 0.3) is 0 Å². The number of nitrogens with two attached hydrogens (primary N) is 1. The van der Waals surface area contributed by atoms with Gasteiger partial charge in [-0.3, -0.25) is 0 Å². The molecule has 102 valence electrons. The molecule has 0 saturated carbocycles. The monoisotopic (exact) mass is 247 g/mol. The Morgan fingerprint density at radius 1 is 1.17 bits per heavy atom. The van der Waals surface area contributed by atoms with Crippen LogP contribution in [0.5, 0.6) is 0 Å². The van der Waals surface area contributed by atoms with E-state index in [0.29, 0.717) is 0 Å². The Hall–Kier alpha value is -0.820. The molecule has 2 unspecified atom stereocenters. The lowest BCUT2D eigenvalue weighted by Gasteiger charge is -2.21. The average molecular weight is 247 g/mol. The summed E-state index contributed by atoms with van der Waals surface area (Å²) in [7, 11) is 0. The lowest BCUT2D eigenvalue weighted by molar-refractivity contribution is 0.388. The fraction of sp³-hybridized carbons (Fsp3) is 0.647. The first-order valence-electron chi connectivity index (χ1n) is 7.41. The SMILES string of the molecule is CCCCC(CC)CC(N)c1cc(C)ccc1C. The van der Waals surface area contributed by atoms with Crippen LogP contribution in [0.15, 0.2) is 18.2 Å². The van der Waals surface area contributed by atoms with E-state index in [-0.39, 0.29) is 6.04 Å². The van der Waals surface area contributed by atoms with Crippen molar-refractivity contribution < 1.29 is 0 Å². The lowest BCUT2D eigenvalue weighted by atomic mass is 9.88. The third kappa shape index (κ3) is 4.45. The maximum Gasteiger partial charge on any atom is 0.0300 e. The minimum absolute atomic E-state index is 0.201. The minimum atomic E-state index is 0.201. The standard InChI is InChI=1S/C17H29N/c1-5-7-8-15(6-2)12-17(18)16-11-13(3)9-10-14(16)4/h9-11,15,17H,5-8,12,18H2,1-4H3. The Morgan fingerprint density at radius 2 is 1.89 bits per heavy atom. The van der Waals surface area contributed by atoms with Crippen molar-refractivity contribution in [2.24, 2.45) is 11.7 Å². The number of benzene rings is 1. The molecule has 1 aromatic rings. The van der Waals surface area contributed by atoms with Crippen molar-refractivity contribution in [2.75, 3.05) is 0 Å². The van der Waals surface area contributed by atoms with Crippen molar-refractivity contribution in [1.82, 2.24) is 0 Å². The zero-order valence-electron chi connectivity index (χ0n) is 12.5. The highest BCUT2D eigenvalue weighted by molar-refractivity contribution is 5.32. The normalized spacial score (nSPS) is 14.5. The first-order chi connectivity index (χ1) is 8.58. The third-order valence-electron chi connectivity index (χ3n) is 3.96. The van der Waals surface area contributed by atoms with Crippen molar-refractivity contribution in [3.05, 3.63) is 34.9 Å². The molecule has 0 fully saturated rings. The molecular weight excluding hydrogens is 218 g/mol. The highest BCUT2D eigenvalue weighted by Gasteiger charge is 2.15. The van der Waals surface area contributed by atoms with Gasteiger partial charge >= 0.3 is 0 Å². The topological polar surface area (TPSA) is 26.0 Å². The smallest absolute Gasteiger partial charge is 0.0300 e. The summed E-state index contributed by atoms with van der Waals surface area (Å²) in [5.74, 6) is 0.778. The summed E-state index contributed by atoms with van der Waals surface area (Å²) in [6.07, 6.45) is 6.32. The molecule has 0 saturated heterocycles. The maximum atomic E-state index is 6.41. The van der Waals surface area contributed by atoms with Crippen LogP contribution in [0.2, 0.25) is 0 Å². The van der Waals surface area contributed by atoms with E-state index in [1.54, 1.807) is 0 Å². The number of aryl methyl sites for hydroxylation is 2. The van der Waals surface area contributed by atoms with E-state index in [0.717, 1.165) is 12.3 Å². The summed E-state index contributed by atoms with van der Waals surface area (Å²) in [5.41, 5.74) is 10.4. The van der Waals surface area contributed by atoms with Gasteiger partial charge < -0.3 is 5.73 Å². The van der Waals surface area contributed by atoms with E-state index in [2.05, 4.69) is 45.9 Å². The van der Waals surface area contributed by atoms with Crippen LogP contribution in [0, 0.1) is 19.8 Å². The Bertz CT molecular complexity index is 357. The van der Waals surface area contributed by atoms with Gasteiger partial charge in [-0.05, 0) is 37.3 Å². The third-order valence-corrected chi connectivity index (χ3v) is 3.96. The molecule has 0 aliphatic heterocycles. The maximum absolute atomic E-state index is 6.41. The number of unbranched alkanes of at least 4 members (excludes halogenated alkanes) is 1. The van der Waals surface area contributed by atoms with Gasteiger partial charge in [0, 0.05) is 6.04 Å². The summed E-state index contributed by atoms with van der Waals surface area (Å²) >= 11 is 0. The Balaban J connectivity index is 2.67. The number of hydrogen-bond donors (Lipinski definition) is 1. The fourth-order valence-corrected chi connectivity index (χ4v) is 2.63. The highest BCUT2D eigenvalue weighted by Crippen LogP contribution is 2.27. The Labute approximate surface area is 113 Å². The van der Waals surface area contributed by atoms with E-state index >= 15 is 0 Å². The van der Waals surface area contributed by atoms with E-state index in [4.69, 9.17) is 5.73 Å². The molecule has 0 aliphatic rings. The van der Waals surface area contributed by atoms with Crippen molar-refractivity contribution in [3.8, 4) is 0 Å². The van der Waals surface area contributed by atoms with Crippen LogP contribution in [0.4, 0.5) is 0 Å². The molecule has 0 aromatic heterocycles. The highest BCUT2D eigenvalue weighted by atomic mass is 14.6. The average Bonchev–Trinajstić information content (AvgIpc) is 2.37. The molecule has 0 heterocycles. The second-order valence-electron chi connectivity index (χ2n) is 5.62. The molecule has 1 aromatic carbocycles. The van der Waals surface area contributed by atoms with E-state index in [1.165, 1.54) is 42.4 Å². The predicted octanol–water partition coefficient (Wildman–Crippen LogP) is 4.91. The lowest BCUT2D eigenvalue weighted by Crippen LogP contribution is -2.16. The number of rotatable bonds is 7. The van der Waals surface area contributed by atoms with E-state index in [9.17, 15) is 0 Å². The van der Waals surface area contributed by atoms with Crippen LogP contribution in [-0.2, 0) is 0 Å². The number of hydrogen-bond acceptors (Lipinski definition) is 1. The van der Waals surface area contributed by atoms with Crippen molar-refractivity contribution in [3.63, 3.8) is 0 Å². The van der Waals surface area contributed by atoms with Gasteiger partial charge in [-0.25, -0.2) is 0 Å². The molecule has 0 spiro atoms. The zero-order valence-corrected chi connectivity index (χ0v) is 12.5. The van der Waals surface area contributed by atoms with Gasteiger partial charge in [0.1, 0.15) is 0 Å². The van der Waals surface area contributed by atoms with Crippen LogP contribution >= 0.6 is 0 Å². The molecule has 1 rings (SSSR count). The summed E-state index contributed by atoms with van der Waals surface area (Å²) in [5, 5.41) is 0. The Morgan fingerprint density at radius 3 is 2.50 bits per heavy atom. The van der Waals surface area contributed by atoms with Crippen molar-refractivity contribution in [2.45, 2.75) is 65.8 Å². The van der Waals surface area contributed by atoms with Gasteiger partial charge in [0.15, 0.2) is 0 Å². The Kier molecular flexibility index (Phi) is 6.42. The van der Waals surface area contributed by atoms with Crippen LogP contribution < -0.4 is 5.73 Å². The molecule has 1 heteroatoms. The summed E-state index contributed by atoms with van der Waals surface area (Å²) in [6.45, 7) is 8.86. The van der Waals surface area contributed by atoms with Crippen LogP contribution in [0.3, 0.4) is 0 Å². The molecule has 0 radical (unpaired) electrons. The first-order valence-corrected chi connectivity index (χ1v) is 7.41. The van der Waals surface area contributed by atoms with Gasteiger partial charge in [-0.15, -0.1) is 0 Å². The molecular formula is C17H29N. The quantitative estimate of drug-likeness (QED) is 0.728. The first kappa shape index (κ1) is 15.2. The van der Waals surface area contributed by atoms with Crippen LogP contribution in [0.1, 0.15) is 68.7 Å². The molecule has 0 aliphatic carbocycles. The minimum Gasteiger partial charge on any atom is -0.324 e. The van der Waals surface area contributed by atoms with Gasteiger partial charge in [-0.1, -0.05) is 63.3 Å². The second kappa shape index (κ2) is 7.58. The van der Waals surface area contributed by atoms with Crippen LogP contribution in [-0.4, -0.2) is 0 Å². The molecule has 0 bridgehead atoms. The second-order valence-corrected chi connectivity index (χ2v) is 5.62. The van der Waals surface area contributed by atoms with E-state index < -0.39 is 0 Å². The van der Waals surface area contributed by atoms with Crippen molar-refractivity contribution in [1.29, 1.82) is 0 Å². The van der Waals surface area contributed by atoms with Gasteiger partial charge in [-0.2, -0.15) is 0 Å². The molecule has 2 N–H and O–H groups in total. The van der Waals surface area contributed by atoms with Crippen molar-refractivity contribution >= 4 is 0 Å². The van der Waals surface area contributed by atoms with E-state index in [1.807, 2.05) is 0 Å². The van der Waals surface area contributed by atoms with Gasteiger partial charge in [0.2, 0.25) is 0 Å². The molecule has 1 nitrogen and oxygen atoms in total. The molecule has 2 atom stereocenters. The molecule has 0 amide bonds. The fourth-order valence-electron chi connectivity index (χ4n) is 2.63. The van der Waals surface area contributed by atoms with Gasteiger partial charge in [0.05, 0.1) is 0 Å². The summed E-state index contributed by atoms with van der Waals surface area (Å²) < 4.78 is 0. The summed E-state index contributed by atoms with van der Waals surface area (Å²) in [6, 6.07) is 6.82. The zero-order chi connectivity index (χ0) is 13.5. The largest absolute Gasteiger partial charge is 0.324 e. The molecule has 18 heavy (non-hydrogen) atoms. The summed E-state index contributed by atoms with van der Waals surface area (Å²) in [4.78, 5) is 0.